The van der Waals surface area contributed by atoms with Crippen LogP contribution >= 0.6 is 0 Å². The van der Waals surface area contributed by atoms with E-state index >= 15 is 0 Å². The Balaban J connectivity index is 2.24. The standard InChI is InChI=1S/C10H14BNO4S/c1-12(2)17(13,14)10-5-3-9(4-6-10)11-15-7-8-16-11/h3-6H,7-8H2,1-2H3. The number of hydrogen-bond acceptors (Lipinski definition) is 4. The second kappa shape index (κ2) is 4.77. The number of sulfonamides is 1. The zero-order valence-electron chi connectivity index (χ0n) is 9.79. The molecule has 0 atom stereocenters. The van der Waals surface area contributed by atoms with E-state index in [-0.39, 0.29) is 12.0 Å². The minimum absolute atomic E-state index is 0.268. The van der Waals surface area contributed by atoms with Gasteiger partial charge in [-0.25, -0.2) is 12.7 Å². The van der Waals surface area contributed by atoms with Gasteiger partial charge >= 0.3 is 7.12 Å². The third kappa shape index (κ3) is 2.52. The third-order valence-electron chi connectivity index (χ3n) is 2.55. The molecule has 0 bridgehead atoms. The van der Waals surface area contributed by atoms with E-state index in [2.05, 4.69) is 0 Å². The summed E-state index contributed by atoms with van der Waals surface area (Å²) in [6.07, 6.45) is 0. The van der Waals surface area contributed by atoms with Crippen molar-refractivity contribution in [3.8, 4) is 0 Å². The van der Waals surface area contributed by atoms with Crippen LogP contribution in [0.3, 0.4) is 0 Å². The van der Waals surface area contributed by atoms with Crippen LogP contribution in [0.2, 0.25) is 0 Å². The Morgan fingerprint density at radius 2 is 1.65 bits per heavy atom. The minimum atomic E-state index is -3.37. The lowest BCUT2D eigenvalue weighted by Crippen LogP contribution is -2.32. The summed E-state index contributed by atoms with van der Waals surface area (Å²) < 4.78 is 35.5. The van der Waals surface area contributed by atoms with Crippen LogP contribution in [0.1, 0.15) is 0 Å². The second-order valence-corrected chi connectivity index (χ2v) is 6.08. The van der Waals surface area contributed by atoms with Gasteiger partial charge in [-0.15, -0.1) is 0 Å². The Morgan fingerprint density at radius 1 is 1.12 bits per heavy atom. The molecule has 1 aromatic rings. The van der Waals surface area contributed by atoms with Crippen LogP contribution in [0.5, 0.6) is 0 Å². The summed E-state index contributed by atoms with van der Waals surface area (Å²) in [6, 6.07) is 6.56. The first-order chi connectivity index (χ1) is 8.01. The number of benzene rings is 1. The van der Waals surface area contributed by atoms with Crippen LogP contribution in [0.4, 0.5) is 0 Å². The van der Waals surface area contributed by atoms with Crippen molar-refractivity contribution in [3.63, 3.8) is 0 Å². The lowest BCUT2D eigenvalue weighted by molar-refractivity contribution is 0.365. The monoisotopic (exact) mass is 255 g/mol. The van der Waals surface area contributed by atoms with Gasteiger partial charge in [-0.05, 0) is 17.6 Å². The first kappa shape index (κ1) is 12.6. The summed E-state index contributed by atoms with van der Waals surface area (Å²) in [6.45, 7) is 1.14. The molecule has 7 heteroatoms. The Bertz CT molecular complexity index is 480. The average Bonchev–Trinajstić information content (AvgIpc) is 2.82. The van der Waals surface area contributed by atoms with Gasteiger partial charge in [0.2, 0.25) is 10.0 Å². The average molecular weight is 255 g/mol. The van der Waals surface area contributed by atoms with E-state index in [1.807, 2.05) is 0 Å². The van der Waals surface area contributed by atoms with E-state index in [9.17, 15) is 8.42 Å². The van der Waals surface area contributed by atoms with E-state index < -0.39 is 10.0 Å². The number of rotatable bonds is 3. The minimum Gasteiger partial charge on any atom is -0.405 e. The Labute approximate surface area is 102 Å². The molecule has 0 aliphatic carbocycles. The fourth-order valence-corrected chi connectivity index (χ4v) is 2.46. The first-order valence-electron chi connectivity index (χ1n) is 5.27. The molecule has 0 radical (unpaired) electrons. The van der Waals surface area contributed by atoms with Gasteiger partial charge in [-0.2, -0.15) is 0 Å². The fourth-order valence-electron chi connectivity index (χ4n) is 1.56. The highest BCUT2D eigenvalue weighted by Gasteiger charge is 2.26. The Morgan fingerprint density at radius 3 is 2.12 bits per heavy atom. The van der Waals surface area contributed by atoms with Gasteiger partial charge < -0.3 is 9.31 Å². The molecule has 1 saturated heterocycles. The summed E-state index contributed by atoms with van der Waals surface area (Å²) in [5.41, 5.74) is 0.834. The molecule has 1 fully saturated rings. The normalized spacial score (nSPS) is 16.8. The van der Waals surface area contributed by atoms with Crippen LogP contribution in [0.15, 0.2) is 29.2 Å². The maximum Gasteiger partial charge on any atom is 0.494 e. The number of hydrogen-bond donors (Lipinski definition) is 0. The zero-order chi connectivity index (χ0) is 12.5. The molecule has 1 aromatic carbocycles. The maximum absolute atomic E-state index is 11.8. The fraction of sp³-hybridized carbons (Fsp3) is 0.400. The van der Waals surface area contributed by atoms with Crippen molar-refractivity contribution in [2.45, 2.75) is 4.90 Å². The highest BCUT2D eigenvalue weighted by Crippen LogP contribution is 2.12. The molecule has 1 heterocycles. The topological polar surface area (TPSA) is 55.8 Å². The smallest absolute Gasteiger partial charge is 0.405 e. The van der Waals surface area contributed by atoms with Crippen molar-refractivity contribution in [3.05, 3.63) is 24.3 Å². The Hall–Kier alpha value is -0.885. The van der Waals surface area contributed by atoms with E-state index in [0.717, 1.165) is 5.46 Å². The Kier molecular flexibility index (Phi) is 3.53. The van der Waals surface area contributed by atoms with Gasteiger partial charge in [0.05, 0.1) is 18.1 Å². The van der Waals surface area contributed by atoms with Crippen molar-refractivity contribution in [1.29, 1.82) is 0 Å². The van der Waals surface area contributed by atoms with E-state index in [4.69, 9.17) is 9.31 Å². The second-order valence-electron chi connectivity index (χ2n) is 3.93. The van der Waals surface area contributed by atoms with Crippen molar-refractivity contribution in [2.75, 3.05) is 27.3 Å². The summed E-state index contributed by atoms with van der Waals surface area (Å²) >= 11 is 0. The summed E-state index contributed by atoms with van der Waals surface area (Å²) in [5.74, 6) is 0. The molecule has 0 N–H and O–H groups in total. The predicted octanol–water partition coefficient (Wildman–Crippen LogP) is -0.321. The quantitative estimate of drug-likeness (QED) is 0.694. The molecule has 0 unspecified atom stereocenters. The van der Waals surface area contributed by atoms with Crippen LogP contribution in [-0.4, -0.2) is 47.2 Å². The van der Waals surface area contributed by atoms with Crippen LogP contribution in [0.25, 0.3) is 0 Å². The largest absolute Gasteiger partial charge is 0.494 e. The van der Waals surface area contributed by atoms with E-state index in [0.29, 0.717) is 13.2 Å². The number of nitrogens with zero attached hydrogens (tertiary/aromatic N) is 1. The van der Waals surface area contributed by atoms with Gasteiger partial charge in [0.25, 0.3) is 0 Å². The molecule has 0 aromatic heterocycles. The molecular weight excluding hydrogens is 241 g/mol. The molecule has 1 aliphatic rings. The predicted molar refractivity (Wildman–Crippen MR) is 64.6 cm³/mol. The molecule has 17 heavy (non-hydrogen) atoms. The molecule has 0 amide bonds. The maximum atomic E-state index is 11.8. The van der Waals surface area contributed by atoms with Crippen LogP contribution < -0.4 is 5.46 Å². The summed E-state index contributed by atoms with van der Waals surface area (Å²) in [7, 11) is -0.722. The van der Waals surface area contributed by atoms with Gasteiger partial charge in [0.15, 0.2) is 0 Å². The zero-order valence-corrected chi connectivity index (χ0v) is 10.6. The van der Waals surface area contributed by atoms with Crippen molar-refractivity contribution in [1.82, 2.24) is 4.31 Å². The van der Waals surface area contributed by atoms with Gasteiger partial charge in [0.1, 0.15) is 0 Å². The lowest BCUT2D eigenvalue weighted by Gasteiger charge is -2.12. The van der Waals surface area contributed by atoms with Crippen molar-refractivity contribution >= 4 is 22.6 Å². The van der Waals surface area contributed by atoms with Gasteiger partial charge in [0, 0.05) is 14.1 Å². The molecule has 0 saturated carbocycles. The highest BCUT2D eigenvalue weighted by molar-refractivity contribution is 7.89. The lowest BCUT2D eigenvalue weighted by atomic mass is 9.80. The van der Waals surface area contributed by atoms with E-state index in [1.54, 1.807) is 24.3 Å². The van der Waals surface area contributed by atoms with Crippen molar-refractivity contribution in [2.24, 2.45) is 0 Å². The molecule has 2 rings (SSSR count). The molecule has 1 aliphatic heterocycles. The third-order valence-corrected chi connectivity index (χ3v) is 4.38. The first-order valence-corrected chi connectivity index (χ1v) is 6.71. The van der Waals surface area contributed by atoms with Gasteiger partial charge in [-0.1, -0.05) is 12.1 Å². The molecule has 92 valence electrons. The van der Waals surface area contributed by atoms with Crippen LogP contribution in [-0.2, 0) is 19.3 Å². The van der Waals surface area contributed by atoms with Gasteiger partial charge in [-0.3, -0.25) is 0 Å². The summed E-state index contributed by atoms with van der Waals surface area (Å²) in [4.78, 5) is 0.268. The highest BCUT2D eigenvalue weighted by atomic mass is 32.2. The van der Waals surface area contributed by atoms with E-state index in [1.165, 1.54) is 18.4 Å². The molecule has 0 spiro atoms. The SMILES string of the molecule is CN(C)S(=O)(=O)c1ccc(B2OCCO2)cc1. The molecule has 5 nitrogen and oxygen atoms in total. The summed E-state index contributed by atoms with van der Waals surface area (Å²) in [5, 5.41) is 0. The van der Waals surface area contributed by atoms with Crippen molar-refractivity contribution < 1.29 is 17.7 Å². The van der Waals surface area contributed by atoms with Crippen LogP contribution in [0, 0.1) is 0 Å². The molecular formula is C10H14BNO4S.